The standard InChI is InChI=1S/C24H33N3O6S/c1-5-31-22-12-9-20(13-23(22)32-6-2)26-24(28)14-25-19-7-10-21(11-8-19)34(29,30)27-15-17(3)33-18(4)16-27/h7-13,17-18,25H,5-6,14-16H2,1-4H3,(H,26,28)/t17-,18-/m0/s1. The van der Waals surface area contributed by atoms with E-state index in [9.17, 15) is 13.2 Å². The summed E-state index contributed by atoms with van der Waals surface area (Å²) in [6.45, 7) is 9.15. The van der Waals surface area contributed by atoms with Gasteiger partial charge in [0.15, 0.2) is 11.5 Å². The van der Waals surface area contributed by atoms with Crippen LogP contribution < -0.4 is 20.1 Å². The summed E-state index contributed by atoms with van der Waals surface area (Å²) in [5.74, 6) is 0.937. The van der Waals surface area contributed by atoms with Crippen molar-refractivity contribution in [3.05, 3.63) is 42.5 Å². The number of hydrogen-bond donors (Lipinski definition) is 2. The van der Waals surface area contributed by atoms with E-state index in [0.29, 0.717) is 49.2 Å². The molecule has 1 amide bonds. The molecule has 10 heteroatoms. The van der Waals surface area contributed by atoms with E-state index in [-0.39, 0.29) is 29.6 Å². The van der Waals surface area contributed by atoms with E-state index in [0.717, 1.165) is 0 Å². The van der Waals surface area contributed by atoms with Crippen LogP contribution in [0.3, 0.4) is 0 Å². The Labute approximate surface area is 201 Å². The fourth-order valence-electron chi connectivity index (χ4n) is 3.74. The Morgan fingerprint density at radius 1 is 0.971 bits per heavy atom. The highest BCUT2D eigenvalue weighted by Gasteiger charge is 2.32. The predicted octanol–water partition coefficient (Wildman–Crippen LogP) is 3.33. The SMILES string of the molecule is CCOc1ccc(NC(=O)CNc2ccc(S(=O)(=O)N3C[C@H](C)O[C@@H](C)C3)cc2)cc1OCC. The van der Waals surface area contributed by atoms with Crippen LogP contribution in [0.1, 0.15) is 27.7 Å². The maximum Gasteiger partial charge on any atom is 0.243 e. The number of nitrogens with zero attached hydrogens (tertiary/aromatic N) is 1. The van der Waals surface area contributed by atoms with E-state index in [1.54, 1.807) is 42.5 Å². The van der Waals surface area contributed by atoms with Crippen molar-refractivity contribution in [3.8, 4) is 11.5 Å². The molecular weight excluding hydrogens is 458 g/mol. The van der Waals surface area contributed by atoms with E-state index < -0.39 is 10.0 Å². The lowest BCUT2D eigenvalue weighted by atomic mass is 10.2. The molecule has 9 nitrogen and oxygen atoms in total. The first-order valence-electron chi connectivity index (χ1n) is 11.4. The summed E-state index contributed by atoms with van der Waals surface area (Å²) in [5, 5.41) is 5.83. The van der Waals surface area contributed by atoms with E-state index >= 15 is 0 Å². The van der Waals surface area contributed by atoms with Crippen LogP contribution in [0.15, 0.2) is 47.4 Å². The zero-order valence-corrected chi connectivity index (χ0v) is 20.9. The highest BCUT2D eigenvalue weighted by atomic mass is 32.2. The number of nitrogens with one attached hydrogen (secondary N) is 2. The molecule has 186 valence electrons. The predicted molar refractivity (Wildman–Crippen MR) is 131 cm³/mol. The first-order chi connectivity index (χ1) is 16.2. The first-order valence-corrected chi connectivity index (χ1v) is 12.9. The van der Waals surface area contributed by atoms with Crippen molar-refractivity contribution < 1.29 is 27.4 Å². The van der Waals surface area contributed by atoms with Crippen molar-refractivity contribution in [1.29, 1.82) is 0 Å². The lowest BCUT2D eigenvalue weighted by molar-refractivity contribution is -0.114. The van der Waals surface area contributed by atoms with Gasteiger partial charge in [-0.25, -0.2) is 8.42 Å². The summed E-state index contributed by atoms with van der Waals surface area (Å²) >= 11 is 0. The lowest BCUT2D eigenvalue weighted by Gasteiger charge is -2.34. The van der Waals surface area contributed by atoms with Crippen LogP contribution in [0, 0.1) is 0 Å². The zero-order chi connectivity index (χ0) is 24.7. The summed E-state index contributed by atoms with van der Waals surface area (Å²) in [4.78, 5) is 12.6. The van der Waals surface area contributed by atoms with Gasteiger partial charge in [-0.05, 0) is 64.1 Å². The third-order valence-electron chi connectivity index (χ3n) is 5.16. The topological polar surface area (TPSA) is 106 Å². The van der Waals surface area contributed by atoms with E-state index in [1.807, 2.05) is 27.7 Å². The van der Waals surface area contributed by atoms with Crippen LogP contribution in [0.2, 0.25) is 0 Å². The highest BCUT2D eigenvalue weighted by molar-refractivity contribution is 7.89. The first kappa shape index (κ1) is 25.8. The number of ether oxygens (including phenoxy) is 3. The molecule has 0 aliphatic carbocycles. The van der Waals surface area contributed by atoms with E-state index in [2.05, 4.69) is 10.6 Å². The van der Waals surface area contributed by atoms with Gasteiger partial charge < -0.3 is 24.8 Å². The van der Waals surface area contributed by atoms with Gasteiger partial charge in [-0.1, -0.05) is 0 Å². The van der Waals surface area contributed by atoms with Gasteiger partial charge in [0.2, 0.25) is 15.9 Å². The van der Waals surface area contributed by atoms with Crippen LogP contribution in [0.4, 0.5) is 11.4 Å². The molecule has 3 rings (SSSR count). The smallest absolute Gasteiger partial charge is 0.243 e. The Kier molecular flexibility index (Phi) is 8.76. The molecule has 0 spiro atoms. The van der Waals surface area contributed by atoms with Gasteiger partial charge in [-0.3, -0.25) is 4.79 Å². The van der Waals surface area contributed by atoms with Gasteiger partial charge in [-0.2, -0.15) is 4.31 Å². The third kappa shape index (κ3) is 6.62. The van der Waals surface area contributed by atoms with Crippen LogP contribution in [0.5, 0.6) is 11.5 Å². The number of carbonyl (C=O) groups excluding carboxylic acids is 1. The molecule has 0 aromatic heterocycles. The Morgan fingerprint density at radius 3 is 2.18 bits per heavy atom. The maximum atomic E-state index is 13.0. The second-order valence-corrected chi connectivity index (χ2v) is 9.97. The van der Waals surface area contributed by atoms with Crippen LogP contribution in [-0.2, 0) is 19.6 Å². The van der Waals surface area contributed by atoms with Crippen molar-refractivity contribution in [2.45, 2.75) is 44.8 Å². The summed E-state index contributed by atoms with van der Waals surface area (Å²) in [7, 11) is -3.61. The van der Waals surface area contributed by atoms with Crippen molar-refractivity contribution >= 4 is 27.3 Å². The quantitative estimate of drug-likeness (QED) is 0.525. The number of carbonyl (C=O) groups is 1. The maximum absolute atomic E-state index is 13.0. The number of sulfonamides is 1. The van der Waals surface area contributed by atoms with Gasteiger partial charge in [0.1, 0.15) is 0 Å². The molecule has 0 unspecified atom stereocenters. The summed E-state index contributed by atoms with van der Waals surface area (Å²) in [6.07, 6.45) is -0.309. The number of benzene rings is 2. The molecule has 1 heterocycles. The van der Waals surface area contributed by atoms with Gasteiger partial charge in [0.25, 0.3) is 0 Å². The molecular formula is C24H33N3O6S. The van der Waals surface area contributed by atoms with Crippen molar-refractivity contribution in [1.82, 2.24) is 4.31 Å². The second kappa shape index (κ2) is 11.5. The van der Waals surface area contributed by atoms with Crippen molar-refractivity contribution in [2.24, 2.45) is 0 Å². The number of anilines is 2. The number of morpholine rings is 1. The highest BCUT2D eigenvalue weighted by Crippen LogP contribution is 2.30. The van der Waals surface area contributed by atoms with Gasteiger partial charge in [0, 0.05) is 30.5 Å². The monoisotopic (exact) mass is 491 g/mol. The molecule has 1 saturated heterocycles. The second-order valence-electron chi connectivity index (χ2n) is 8.03. The minimum atomic E-state index is -3.61. The largest absolute Gasteiger partial charge is 0.490 e. The fraction of sp³-hybridized carbons (Fsp3) is 0.458. The molecule has 1 aliphatic rings. The lowest BCUT2D eigenvalue weighted by Crippen LogP contribution is -2.48. The molecule has 2 atom stereocenters. The Balaban J connectivity index is 1.58. The van der Waals surface area contributed by atoms with Gasteiger partial charge in [-0.15, -0.1) is 0 Å². The van der Waals surface area contributed by atoms with Crippen LogP contribution >= 0.6 is 0 Å². The Bertz CT molecular complexity index is 1060. The summed E-state index contributed by atoms with van der Waals surface area (Å²) in [5.41, 5.74) is 1.23. The molecule has 1 aliphatic heterocycles. The van der Waals surface area contributed by atoms with Crippen LogP contribution in [0.25, 0.3) is 0 Å². The number of hydrogen-bond acceptors (Lipinski definition) is 7. The van der Waals surface area contributed by atoms with E-state index in [4.69, 9.17) is 14.2 Å². The average molecular weight is 492 g/mol. The third-order valence-corrected chi connectivity index (χ3v) is 7.00. The Hall–Kier alpha value is -2.82. The molecule has 34 heavy (non-hydrogen) atoms. The Morgan fingerprint density at radius 2 is 1.56 bits per heavy atom. The summed E-state index contributed by atoms with van der Waals surface area (Å²) < 4.78 is 44.1. The fourth-order valence-corrected chi connectivity index (χ4v) is 5.33. The molecule has 0 saturated carbocycles. The summed E-state index contributed by atoms with van der Waals surface area (Å²) in [6, 6.07) is 11.6. The molecule has 2 aromatic carbocycles. The van der Waals surface area contributed by atoms with Gasteiger partial charge >= 0.3 is 0 Å². The van der Waals surface area contributed by atoms with Crippen LogP contribution in [-0.4, -0.2) is 63.7 Å². The normalized spacial score (nSPS) is 18.8. The van der Waals surface area contributed by atoms with Crippen molar-refractivity contribution in [3.63, 3.8) is 0 Å². The van der Waals surface area contributed by atoms with E-state index in [1.165, 1.54) is 4.31 Å². The zero-order valence-electron chi connectivity index (χ0n) is 20.0. The van der Waals surface area contributed by atoms with Gasteiger partial charge in [0.05, 0.1) is 36.9 Å². The molecule has 0 bridgehead atoms. The van der Waals surface area contributed by atoms with Crippen molar-refractivity contribution in [2.75, 3.05) is 43.5 Å². The molecule has 2 N–H and O–H groups in total. The number of rotatable bonds is 10. The minimum Gasteiger partial charge on any atom is -0.490 e. The number of amides is 1. The average Bonchev–Trinajstić information content (AvgIpc) is 2.79. The minimum absolute atomic E-state index is 0.0156. The molecule has 1 fully saturated rings. The molecule has 0 radical (unpaired) electrons. The molecule has 2 aromatic rings.